The van der Waals surface area contributed by atoms with Gasteiger partial charge in [0.1, 0.15) is 17.4 Å². The van der Waals surface area contributed by atoms with Crippen LogP contribution in [0.2, 0.25) is 0 Å². The molecule has 0 saturated heterocycles. The van der Waals surface area contributed by atoms with Crippen molar-refractivity contribution in [1.82, 2.24) is 0 Å². The number of carbonyl (C=O) groups is 3. The van der Waals surface area contributed by atoms with Crippen LogP contribution in [-0.4, -0.2) is 18.3 Å². The maximum atomic E-state index is 13.8. The molecule has 2 aromatic rings. The Kier molecular flexibility index (Phi) is 6.42. The number of fused-ring (bicyclic) bond motifs is 2. The summed E-state index contributed by atoms with van der Waals surface area (Å²) in [6.07, 6.45) is 2.16. The van der Waals surface area contributed by atoms with Crippen LogP contribution in [0.3, 0.4) is 0 Å². The van der Waals surface area contributed by atoms with Crippen LogP contribution in [0.15, 0.2) is 28.7 Å². The van der Waals surface area contributed by atoms with Gasteiger partial charge in [0.2, 0.25) is 11.8 Å². The van der Waals surface area contributed by atoms with Crippen molar-refractivity contribution in [1.29, 1.82) is 0 Å². The summed E-state index contributed by atoms with van der Waals surface area (Å²) in [4.78, 5) is 33.2. The number of benzene rings is 2. The first-order valence-electron chi connectivity index (χ1n) is 9.96. The van der Waals surface area contributed by atoms with E-state index >= 15 is 0 Å². The zero-order valence-corrected chi connectivity index (χ0v) is 19.2. The molecule has 2 amide bonds. The standard InChI is InChI=1S/C12H12FNO3.C11H11BrFNO/c1-12(11(14)16)5-4-7-9(17-6-15)3-2-8(13)10(7)12;1-11(10(14)15)5-4-6-7(12)2-3-8(13)9(6)11/h2-3,6H,4-5H2,1H3,(H2,14,16);2-3H,4-5H2,1H3,(H2,14,15). The third kappa shape index (κ3) is 3.79. The summed E-state index contributed by atoms with van der Waals surface area (Å²) < 4.78 is 33.1. The fourth-order valence-electron chi connectivity index (χ4n) is 4.53. The molecular weight excluding hydrogens is 486 g/mol. The summed E-state index contributed by atoms with van der Waals surface area (Å²) in [7, 11) is 0. The third-order valence-electron chi connectivity index (χ3n) is 6.54. The van der Waals surface area contributed by atoms with Crippen molar-refractivity contribution in [3.05, 3.63) is 62.6 Å². The molecule has 2 aliphatic carbocycles. The first-order valence-corrected chi connectivity index (χ1v) is 10.8. The first kappa shape index (κ1) is 23.8. The van der Waals surface area contributed by atoms with Gasteiger partial charge in [-0.2, -0.15) is 0 Å². The van der Waals surface area contributed by atoms with E-state index < -0.39 is 28.5 Å². The molecule has 9 heteroatoms. The summed E-state index contributed by atoms with van der Waals surface area (Å²) in [6, 6.07) is 5.61. The van der Waals surface area contributed by atoms with Gasteiger partial charge < -0.3 is 16.2 Å². The second-order valence-corrected chi connectivity index (χ2v) is 9.24. The quantitative estimate of drug-likeness (QED) is 0.616. The van der Waals surface area contributed by atoms with Crippen molar-refractivity contribution in [3.8, 4) is 5.75 Å². The van der Waals surface area contributed by atoms with Crippen molar-refractivity contribution < 1.29 is 27.9 Å². The second kappa shape index (κ2) is 8.61. The van der Waals surface area contributed by atoms with Crippen LogP contribution >= 0.6 is 15.9 Å². The van der Waals surface area contributed by atoms with Crippen molar-refractivity contribution in [2.75, 3.05) is 0 Å². The zero-order valence-electron chi connectivity index (χ0n) is 17.6. The van der Waals surface area contributed by atoms with E-state index in [0.29, 0.717) is 42.6 Å². The number of nitrogens with two attached hydrogens (primary N) is 2. The van der Waals surface area contributed by atoms with E-state index in [9.17, 15) is 23.2 Å². The van der Waals surface area contributed by atoms with Gasteiger partial charge in [-0.1, -0.05) is 15.9 Å². The van der Waals surface area contributed by atoms with Crippen molar-refractivity contribution >= 4 is 34.2 Å². The van der Waals surface area contributed by atoms with Gasteiger partial charge in [0.05, 0.1) is 10.8 Å². The topological polar surface area (TPSA) is 112 Å². The molecule has 0 bridgehead atoms. The molecule has 0 aromatic heterocycles. The van der Waals surface area contributed by atoms with Gasteiger partial charge in [0, 0.05) is 21.2 Å². The monoisotopic (exact) mass is 508 g/mol. The lowest BCUT2D eigenvalue weighted by Gasteiger charge is -2.21. The molecule has 0 saturated carbocycles. The number of hydrogen-bond acceptors (Lipinski definition) is 4. The number of ether oxygens (including phenoxy) is 1. The van der Waals surface area contributed by atoms with Crippen LogP contribution in [0.4, 0.5) is 8.78 Å². The third-order valence-corrected chi connectivity index (χ3v) is 7.28. The Balaban J connectivity index is 0.000000182. The molecule has 4 N–H and O–H groups in total. The predicted octanol–water partition coefficient (Wildman–Crippen LogP) is 3.33. The number of hydrogen-bond donors (Lipinski definition) is 2. The molecule has 32 heavy (non-hydrogen) atoms. The Labute approximate surface area is 192 Å². The number of rotatable bonds is 4. The normalized spacial score (nSPS) is 22.9. The van der Waals surface area contributed by atoms with Crippen LogP contribution in [0.25, 0.3) is 0 Å². The minimum atomic E-state index is -1.03. The predicted molar refractivity (Wildman–Crippen MR) is 117 cm³/mol. The second-order valence-electron chi connectivity index (χ2n) is 8.39. The maximum absolute atomic E-state index is 13.8. The van der Waals surface area contributed by atoms with Crippen LogP contribution in [0.1, 0.15) is 48.9 Å². The minimum Gasteiger partial charge on any atom is -0.428 e. The Hall–Kier alpha value is -2.81. The van der Waals surface area contributed by atoms with Gasteiger partial charge in [0.15, 0.2) is 0 Å². The Morgan fingerprint density at radius 3 is 1.91 bits per heavy atom. The molecular formula is C23H23BrF2N2O4. The number of carbonyl (C=O) groups excluding carboxylic acids is 3. The molecule has 2 unspecified atom stereocenters. The summed E-state index contributed by atoms with van der Waals surface area (Å²) in [6.45, 7) is 3.60. The van der Waals surface area contributed by atoms with E-state index in [1.54, 1.807) is 19.9 Å². The van der Waals surface area contributed by atoms with Crippen LogP contribution in [0.5, 0.6) is 5.75 Å². The Bertz CT molecular complexity index is 1120. The average molecular weight is 509 g/mol. The lowest BCUT2D eigenvalue weighted by molar-refractivity contribution is -0.123. The number of amides is 2. The minimum absolute atomic E-state index is 0.254. The lowest BCUT2D eigenvalue weighted by atomic mass is 9.83. The molecule has 0 fully saturated rings. The van der Waals surface area contributed by atoms with Crippen LogP contribution in [-0.2, 0) is 38.1 Å². The van der Waals surface area contributed by atoms with Gasteiger partial charge in [-0.05, 0) is 69.4 Å². The summed E-state index contributed by atoms with van der Waals surface area (Å²) in [5.74, 6) is -1.57. The molecule has 0 radical (unpaired) electrons. The maximum Gasteiger partial charge on any atom is 0.298 e. The van der Waals surface area contributed by atoms with Gasteiger partial charge >= 0.3 is 0 Å². The molecule has 2 atom stereocenters. The highest BCUT2D eigenvalue weighted by Gasteiger charge is 2.44. The Morgan fingerprint density at radius 1 is 0.938 bits per heavy atom. The fraction of sp³-hybridized carbons (Fsp3) is 0.348. The molecule has 0 heterocycles. The van der Waals surface area contributed by atoms with Crippen LogP contribution in [0, 0.1) is 11.6 Å². The molecule has 2 aliphatic rings. The highest BCUT2D eigenvalue weighted by atomic mass is 79.9. The molecule has 2 aromatic carbocycles. The van der Waals surface area contributed by atoms with Crippen molar-refractivity contribution in [3.63, 3.8) is 0 Å². The van der Waals surface area contributed by atoms with E-state index in [1.165, 1.54) is 18.2 Å². The number of halogens is 3. The van der Waals surface area contributed by atoms with Crippen LogP contribution < -0.4 is 16.2 Å². The highest BCUT2D eigenvalue weighted by molar-refractivity contribution is 9.10. The van der Waals surface area contributed by atoms with E-state index in [4.69, 9.17) is 16.2 Å². The fourth-order valence-corrected chi connectivity index (χ4v) is 5.06. The van der Waals surface area contributed by atoms with E-state index in [1.807, 2.05) is 0 Å². The average Bonchev–Trinajstić information content (AvgIpc) is 3.29. The van der Waals surface area contributed by atoms with Crippen molar-refractivity contribution in [2.24, 2.45) is 11.5 Å². The highest BCUT2D eigenvalue weighted by Crippen LogP contribution is 2.44. The Morgan fingerprint density at radius 2 is 1.41 bits per heavy atom. The smallest absolute Gasteiger partial charge is 0.298 e. The van der Waals surface area contributed by atoms with Gasteiger partial charge in [-0.25, -0.2) is 8.78 Å². The lowest BCUT2D eigenvalue weighted by Crippen LogP contribution is -2.37. The SMILES string of the molecule is CC1(C(N)=O)CCc2c(Br)ccc(F)c21.CC1(C(N)=O)CCc2c(OC=O)ccc(F)c21. The summed E-state index contributed by atoms with van der Waals surface area (Å²) in [5, 5.41) is 0. The zero-order chi connectivity index (χ0) is 23.8. The van der Waals surface area contributed by atoms with E-state index in [2.05, 4.69) is 15.9 Å². The van der Waals surface area contributed by atoms with Crippen molar-refractivity contribution in [2.45, 2.75) is 50.4 Å². The van der Waals surface area contributed by atoms with Gasteiger partial charge in [-0.3, -0.25) is 14.4 Å². The van der Waals surface area contributed by atoms with Gasteiger partial charge in [-0.15, -0.1) is 0 Å². The number of primary amides is 2. The molecule has 170 valence electrons. The summed E-state index contributed by atoms with van der Waals surface area (Å²) >= 11 is 3.36. The van der Waals surface area contributed by atoms with E-state index in [-0.39, 0.29) is 17.9 Å². The molecule has 0 spiro atoms. The molecule has 4 rings (SSSR count). The molecule has 0 aliphatic heterocycles. The van der Waals surface area contributed by atoms with Gasteiger partial charge in [0.25, 0.3) is 6.47 Å². The summed E-state index contributed by atoms with van der Waals surface area (Å²) in [5.41, 5.74) is 10.9. The molecule has 6 nitrogen and oxygen atoms in total. The largest absolute Gasteiger partial charge is 0.428 e. The first-order chi connectivity index (χ1) is 15.0. The van der Waals surface area contributed by atoms with E-state index in [0.717, 1.165) is 10.0 Å².